The lowest BCUT2D eigenvalue weighted by atomic mass is 10.0. The highest BCUT2D eigenvalue weighted by atomic mass is 16.6. The SMILES string of the molecule is CCNC(CC)CCCc1ccc([N+](=O)[O-])cc1. The molecule has 0 aliphatic carbocycles. The Bertz CT molecular complexity index is 363. The van der Waals surface area contributed by atoms with Gasteiger partial charge in [0.05, 0.1) is 4.92 Å². The van der Waals surface area contributed by atoms with Gasteiger partial charge in [-0.2, -0.15) is 0 Å². The second-order valence-electron chi connectivity index (χ2n) is 4.48. The van der Waals surface area contributed by atoms with E-state index in [9.17, 15) is 10.1 Å². The first-order valence-electron chi connectivity index (χ1n) is 6.64. The number of benzene rings is 1. The predicted molar refractivity (Wildman–Crippen MR) is 73.8 cm³/mol. The van der Waals surface area contributed by atoms with E-state index in [1.54, 1.807) is 12.1 Å². The summed E-state index contributed by atoms with van der Waals surface area (Å²) < 4.78 is 0. The number of rotatable bonds is 8. The molecule has 0 saturated heterocycles. The molecule has 0 spiro atoms. The van der Waals surface area contributed by atoms with Gasteiger partial charge < -0.3 is 5.32 Å². The van der Waals surface area contributed by atoms with E-state index in [1.807, 2.05) is 12.1 Å². The lowest BCUT2D eigenvalue weighted by Crippen LogP contribution is -2.27. The maximum absolute atomic E-state index is 10.5. The van der Waals surface area contributed by atoms with Gasteiger partial charge in [0.25, 0.3) is 5.69 Å². The molecule has 18 heavy (non-hydrogen) atoms. The molecule has 0 bridgehead atoms. The highest BCUT2D eigenvalue weighted by molar-refractivity contribution is 5.32. The van der Waals surface area contributed by atoms with Crippen molar-refractivity contribution in [2.75, 3.05) is 6.54 Å². The zero-order valence-corrected chi connectivity index (χ0v) is 11.2. The molecule has 1 rings (SSSR count). The Balaban J connectivity index is 2.37. The monoisotopic (exact) mass is 250 g/mol. The first-order valence-corrected chi connectivity index (χ1v) is 6.64. The molecule has 4 heteroatoms. The number of aryl methyl sites for hydroxylation is 1. The van der Waals surface area contributed by atoms with Gasteiger partial charge in [-0.05, 0) is 37.8 Å². The number of hydrogen-bond acceptors (Lipinski definition) is 3. The fourth-order valence-electron chi connectivity index (χ4n) is 2.08. The van der Waals surface area contributed by atoms with Crippen molar-refractivity contribution in [2.45, 2.75) is 45.6 Å². The van der Waals surface area contributed by atoms with Crippen molar-refractivity contribution < 1.29 is 4.92 Å². The topological polar surface area (TPSA) is 55.2 Å². The molecule has 0 fully saturated rings. The summed E-state index contributed by atoms with van der Waals surface area (Å²) in [5, 5.41) is 14.0. The van der Waals surface area contributed by atoms with E-state index in [0.29, 0.717) is 6.04 Å². The van der Waals surface area contributed by atoms with E-state index >= 15 is 0 Å². The summed E-state index contributed by atoms with van der Waals surface area (Å²) in [7, 11) is 0. The summed E-state index contributed by atoms with van der Waals surface area (Å²) in [6.45, 7) is 5.33. The Kier molecular flexibility index (Phi) is 6.36. The molecular weight excluding hydrogens is 228 g/mol. The average Bonchev–Trinajstić information content (AvgIpc) is 2.38. The van der Waals surface area contributed by atoms with E-state index < -0.39 is 0 Å². The summed E-state index contributed by atoms with van der Waals surface area (Å²) in [5.41, 5.74) is 1.34. The van der Waals surface area contributed by atoms with Crippen molar-refractivity contribution in [1.29, 1.82) is 0 Å². The standard InChI is InChI=1S/C14H22N2O2/c1-3-13(15-4-2)7-5-6-12-8-10-14(11-9-12)16(17)18/h8-11,13,15H,3-7H2,1-2H3. The molecule has 4 nitrogen and oxygen atoms in total. The molecule has 0 heterocycles. The molecule has 1 N–H and O–H groups in total. The Labute approximate surface area is 109 Å². The molecule has 1 atom stereocenters. The maximum atomic E-state index is 10.5. The molecular formula is C14H22N2O2. The Morgan fingerprint density at radius 3 is 2.44 bits per heavy atom. The van der Waals surface area contributed by atoms with Gasteiger partial charge in [0.2, 0.25) is 0 Å². The highest BCUT2D eigenvalue weighted by Crippen LogP contribution is 2.14. The van der Waals surface area contributed by atoms with Crippen LogP contribution >= 0.6 is 0 Å². The minimum Gasteiger partial charge on any atom is -0.314 e. The van der Waals surface area contributed by atoms with Gasteiger partial charge in [-0.3, -0.25) is 10.1 Å². The second-order valence-corrected chi connectivity index (χ2v) is 4.48. The molecule has 1 aromatic carbocycles. The average molecular weight is 250 g/mol. The van der Waals surface area contributed by atoms with Crippen molar-refractivity contribution >= 4 is 5.69 Å². The third-order valence-electron chi connectivity index (χ3n) is 3.15. The van der Waals surface area contributed by atoms with Gasteiger partial charge >= 0.3 is 0 Å². The Morgan fingerprint density at radius 1 is 1.28 bits per heavy atom. The fraction of sp³-hybridized carbons (Fsp3) is 0.571. The van der Waals surface area contributed by atoms with Gasteiger partial charge in [-0.1, -0.05) is 26.0 Å². The largest absolute Gasteiger partial charge is 0.314 e. The van der Waals surface area contributed by atoms with Crippen LogP contribution in [0, 0.1) is 10.1 Å². The lowest BCUT2D eigenvalue weighted by Gasteiger charge is -2.15. The number of nitrogens with zero attached hydrogens (tertiary/aromatic N) is 1. The summed E-state index contributed by atoms with van der Waals surface area (Å²) in [6.07, 6.45) is 4.40. The third kappa shape index (κ3) is 4.84. The fourth-order valence-corrected chi connectivity index (χ4v) is 2.08. The smallest absolute Gasteiger partial charge is 0.269 e. The molecule has 0 amide bonds. The van der Waals surface area contributed by atoms with E-state index in [0.717, 1.165) is 32.2 Å². The number of nitro benzene ring substituents is 1. The van der Waals surface area contributed by atoms with Gasteiger partial charge in [-0.15, -0.1) is 0 Å². The minimum atomic E-state index is -0.359. The van der Waals surface area contributed by atoms with Crippen LogP contribution < -0.4 is 5.32 Å². The van der Waals surface area contributed by atoms with Crippen molar-refractivity contribution in [1.82, 2.24) is 5.32 Å². The maximum Gasteiger partial charge on any atom is 0.269 e. The number of hydrogen-bond donors (Lipinski definition) is 1. The minimum absolute atomic E-state index is 0.165. The summed E-state index contributed by atoms with van der Waals surface area (Å²) in [5.74, 6) is 0. The summed E-state index contributed by atoms with van der Waals surface area (Å²) in [6, 6.07) is 7.46. The van der Waals surface area contributed by atoms with Gasteiger partial charge in [0, 0.05) is 18.2 Å². The Morgan fingerprint density at radius 2 is 1.94 bits per heavy atom. The lowest BCUT2D eigenvalue weighted by molar-refractivity contribution is -0.384. The van der Waals surface area contributed by atoms with E-state index in [1.165, 1.54) is 5.56 Å². The van der Waals surface area contributed by atoms with Crippen molar-refractivity contribution in [2.24, 2.45) is 0 Å². The summed E-state index contributed by atoms with van der Waals surface area (Å²) in [4.78, 5) is 10.2. The highest BCUT2D eigenvalue weighted by Gasteiger charge is 2.06. The number of non-ortho nitro benzene ring substituents is 1. The molecule has 1 unspecified atom stereocenters. The van der Waals surface area contributed by atoms with E-state index in [-0.39, 0.29) is 10.6 Å². The molecule has 1 aromatic rings. The van der Waals surface area contributed by atoms with Crippen LogP contribution in [0.15, 0.2) is 24.3 Å². The first kappa shape index (κ1) is 14.6. The molecule has 0 aromatic heterocycles. The molecule has 0 aliphatic rings. The summed E-state index contributed by atoms with van der Waals surface area (Å²) >= 11 is 0. The second kappa shape index (κ2) is 7.82. The molecule has 0 saturated carbocycles. The van der Waals surface area contributed by atoms with E-state index in [4.69, 9.17) is 0 Å². The Hall–Kier alpha value is -1.42. The van der Waals surface area contributed by atoms with Crippen LogP contribution in [-0.2, 0) is 6.42 Å². The quantitative estimate of drug-likeness (QED) is 0.569. The molecule has 0 aliphatic heterocycles. The van der Waals surface area contributed by atoms with Gasteiger partial charge in [-0.25, -0.2) is 0 Å². The third-order valence-corrected chi connectivity index (χ3v) is 3.15. The zero-order valence-electron chi connectivity index (χ0n) is 11.2. The van der Waals surface area contributed by atoms with Crippen LogP contribution in [0.5, 0.6) is 0 Å². The van der Waals surface area contributed by atoms with E-state index in [2.05, 4.69) is 19.2 Å². The van der Waals surface area contributed by atoms with Crippen LogP contribution in [0.4, 0.5) is 5.69 Å². The molecule has 0 radical (unpaired) electrons. The number of nitro groups is 1. The predicted octanol–water partition coefficient (Wildman–Crippen LogP) is 3.31. The number of nitrogens with one attached hydrogen (secondary N) is 1. The molecule has 100 valence electrons. The van der Waals surface area contributed by atoms with Crippen LogP contribution in [-0.4, -0.2) is 17.5 Å². The zero-order chi connectivity index (χ0) is 13.4. The van der Waals surface area contributed by atoms with Crippen LogP contribution in [0.3, 0.4) is 0 Å². The van der Waals surface area contributed by atoms with Crippen molar-refractivity contribution in [3.05, 3.63) is 39.9 Å². The van der Waals surface area contributed by atoms with Crippen LogP contribution in [0.1, 0.15) is 38.7 Å². The van der Waals surface area contributed by atoms with Crippen LogP contribution in [0.25, 0.3) is 0 Å². The van der Waals surface area contributed by atoms with Crippen LogP contribution in [0.2, 0.25) is 0 Å². The van der Waals surface area contributed by atoms with Gasteiger partial charge in [0.15, 0.2) is 0 Å². The van der Waals surface area contributed by atoms with Crippen molar-refractivity contribution in [3.8, 4) is 0 Å². The van der Waals surface area contributed by atoms with Gasteiger partial charge in [0.1, 0.15) is 0 Å². The normalized spacial score (nSPS) is 12.3. The first-order chi connectivity index (χ1) is 8.67. The van der Waals surface area contributed by atoms with Crippen molar-refractivity contribution in [3.63, 3.8) is 0 Å².